The molecule has 1 aromatic heterocycles. The highest BCUT2D eigenvalue weighted by Crippen LogP contribution is 2.24. The molecule has 1 unspecified atom stereocenters. The van der Waals surface area contributed by atoms with Gasteiger partial charge in [-0.1, -0.05) is 13.8 Å². The SMILES string of the molecule is CC(C)C1CCCN1CCc1csc(N)n1. The molecule has 0 aromatic carbocycles. The average molecular weight is 239 g/mol. The highest BCUT2D eigenvalue weighted by molar-refractivity contribution is 7.13. The van der Waals surface area contributed by atoms with Crippen molar-refractivity contribution < 1.29 is 0 Å². The summed E-state index contributed by atoms with van der Waals surface area (Å²) in [5.41, 5.74) is 6.78. The van der Waals surface area contributed by atoms with Gasteiger partial charge in [-0.25, -0.2) is 4.98 Å². The van der Waals surface area contributed by atoms with Crippen molar-refractivity contribution in [1.29, 1.82) is 0 Å². The monoisotopic (exact) mass is 239 g/mol. The molecule has 1 aromatic rings. The van der Waals surface area contributed by atoms with E-state index in [0.29, 0.717) is 5.13 Å². The summed E-state index contributed by atoms with van der Waals surface area (Å²) in [5.74, 6) is 0.767. The van der Waals surface area contributed by atoms with Gasteiger partial charge in [0.05, 0.1) is 5.69 Å². The number of likely N-dealkylation sites (tertiary alicyclic amines) is 1. The zero-order chi connectivity index (χ0) is 11.5. The summed E-state index contributed by atoms with van der Waals surface area (Å²) in [6, 6.07) is 0.774. The van der Waals surface area contributed by atoms with Crippen LogP contribution in [0.15, 0.2) is 5.38 Å². The van der Waals surface area contributed by atoms with E-state index in [2.05, 4.69) is 29.1 Å². The lowest BCUT2D eigenvalue weighted by molar-refractivity contribution is 0.208. The third-order valence-electron chi connectivity index (χ3n) is 3.41. The van der Waals surface area contributed by atoms with E-state index in [-0.39, 0.29) is 0 Å². The molecular formula is C12H21N3S. The maximum absolute atomic E-state index is 5.63. The number of anilines is 1. The Kier molecular flexibility index (Phi) is 3.82. The van der Waals surface area contributed by atoms with Crippen LogP contribution in [0.5, 0.6) is 0 Å². The summed E-state index contributed by atoms with van der Waals surface area (Å²) in [7, 11) is 0. The number of aromatic nitrogens is 1. The van der Waals surface area contributed by atoms with Gasteiger partial charge in [0.1, 0.15) is 0 Å². The van der Waals surface area contributed by atoms with Gasteiger partial charge in [0.2, 0.25) is 0 Å². The quantitative estimate of drug-likeness (QED) is 0.877. The van der Waals surface area contributed by atoms with Gasteiger partial charge in [-0.05, 0) is 25.3 Å². The lowest BCUT2D eigenvalue weighted by Crippen LogP contribution is -2.34. The first kappa shape index (κ1) is 11.9. The molecule has 0 bridgehead atoms. The van der Waals surface area contributed by atoms with E-state index in [1.807, 2.05) is 0 Å². The minimum absolute atomic E-state index is 0.692. The Balaban J connectivity index is 1.85. The molecular weight excluding hydrogens is 218 g/mol. The molecule has 90 valence electrons. The number of nitrogens with two attached hydrogens (primary N) is 1. The highest BCUT2D eigenvalue weighted by Gasteiger charge is 2.26. The van der Waals surface area contributed by atoms with Crippen LogP contribution in [0.25, 0.3) is 0 Å². The molecule has 0 saturated carbocycles. The summed E-state index contributed by atoms with van der Waals surface area (Å²) >= 11 is 1.54. The van der Waals surface area contributed by atoms with Crippen LogP contribution in [0.4, 0.5) is 5.13 Å². The maximum atomic E-state index is 5.63. The molecule has 3 nitrogen and oxygen atoms in total. The van der Waals surface area contributed by atoms with Crippen LogP contribution in [0, 0.1) is 5.92 Å². The Labute approximate surface area is 102 Å². The number of nitrogens with zero attached hydrogens (tertiary/aromatic N) is 2. The minimum Gasteiger partial charge on any atom is -0.375 e. The van der Waals surface area contributed by atoms with Crippen molar-refractivity contribution in [3.8, 4) is 0 Å². The first-order valence-electron chi connectivity index (χ1n) is 6.10. The normalized spacial score (nSPS) is 22.1. The predicted molar refractivity (Wildman–Crippen MR) is 69.7 cm³/mol. The lowest BCUT2D eigenvalue weighted by atomic mass is 10.0. The Bertz CT molecular complexity index is 335. The Morgan fingerprint density at radius 3 is 3.06 bits per heavy atom. The number of thiazole rings is 1. The second-order valence-corrected chi connectivity index (χ2v) is 5.81. The molecule has 1 atom stereocenters. The molecule has 1 aliphatic rings. The van der Waals surface area contributed by atoms with Crippen molar-refractivity contribution in [3.05, 3.63) is 11.1 Å². The number of nitrogen functional groups attached to an aromatic ring is 1. The fourth-order valence-electron chi connectivity index (χ4n) is 2.58. The predicted octanol–water partition coefficient (Wildman–Crippen LogP) is 2.39. The molecule has 16 heavy (non-hydrogen) atoms. The van der Waals surface area contributed by atoms with Gasteiger partial charge in [0, 0.05) is 24.4 Å². The third-order valence-corrected chi connectivity index (χ3v) is 4.13. The second-order valence-electron chi connectivity index (χ2n) is 4.92. The van der Waals surface area contributed by atoms with Gasteiger partial charge in [-0.15, -0.1) is 11.3 Å². The van der Waals surface area contributed by atoms with E-state index in [1.165, 1.54) is 19.4 Å². The van der Waals surface area contributed by atoms with Gasteiger partial charge < -0.3 is 5.73 Å². The lowest BCUT2D eigenvalue weighted by Gasteiger charge is -2.27. The molecule has 0 radical (unpaired) electrons. The van der Waals surface area contributed by atoms with Crippen LogP contribution in [0.2, 0.25) is 0 Å². The largest absolute Gasteiger partial charge is 0.375 e. The standard InChI is InChI=1S/C12H21N3S/c1-9(2)11-4-3-6-15(11)7-5-10-8-16-12(13)14-10/h8-9,11H,3-7H2,1-2H3,(H2,13,14). The van der Waals surface area contributed by atoms with Gasteiger partial charge >= 0.3 is 0 Å². The van der Waals surface area contributed by atoms with Crippen LogP contribution in [0.3, 0.4) is 0 Å². The van der Waals surface area contributed by atoms with Crippen molar-refractivity contribution in [1.82, 2.24) is 9.88 Å². The van der Waals surface area contributed by atoms with Crippen LogP contribution < -0.4 is 5.73 Å². The highest BCUT2D eigenvalue weighted by atomic mass is 32.1. The minimum atomic E-state index is 0.692. The van der Waals surface area contributed by atoms with Gasteiger partial charge in [0.25, 0.3) is 0 Å². The smallest absolute Gasteiger partial charge is 0.180 e. The summed E-state index contributed by atoms with van der Waals surface area (Å²) in [6.07, 6.45) is 3.75. The zero-order valence-electron chi connectivity index (χ0n) is 10.1. The zero-order valence-corrected chi connectivity index (χ0v) is 11.0. The molecule has 0 aliphatic carbocycles. The Morgan fingerprint density at radius 1 is 1.62 bits per heavy atom. The van der Waals surface area contributed by atoms with E-state index < -0.39 is 0 Å². The van der Waals surface area contributed by atoms with Crippen molar-refractivity contribution in [2.24, 2.45) is 5.92 Å². The summed E-state index contributed by atoms with van der Waals surface area (Å²) < 4.78 is 0. The fourth-order valence-corrected chi connectivity index (χ4v) is 3.18. The van der Waals surface area contributed by atoms with Crippen LogP contribution in [0.1, 0.15) is 32.4 Å². The maximum Gasteiger partial charge on any atom is 0.180 e. The molecule has 2 rings (SSSR count). The summed E-state index contributed by atoms with van der Waals surface area (Å²) in [5, 5.41) is 2.77. The first-order valence-corrected chi connectivity index (χ1v) is 6.98. The average Bonchev–Trinajstić information content (AvgIpc) is 2.83. The van der Waals surface area contributed by atoms with E-state index in [4.69, 9.17) is 5.73 Å². The molecule has 1 aliphatic heterocycles. The first-order chi connectivity index (χ1) is 7.66. The van der Waals surface area contributed by atoms with Crippen LogP contribution in [-0.2, 0) is 6.42 Å². The van der Waals surface area contributed by atoms with Crippen molar-refractivity contribution in [3.63, 3.8) is 0 Å². The van der Waals surface area contributed by atoms with E-state index >= 15 is 0 Å². The molecule has 1 fully saturated rings. The molecule has 0 spiro atoms. The van der Waals surface area contributed by atoms with Gasteiger partial charge in [-0.2, -0.15) is 0 Å². The molecule has 2 N–H and O–H groups in total. The van der Waals surface area contributed by atoms with Crippen LogP contribution in [-0.4, -0.2) is 29.0 Å². The Morgan fingerprint density at radius 2 is 2.44 bits per heavy atom. The topological polar surface area (TPSA) is 42.1 Å². The van der Waals surface area contributed by atoms with E-state index in [9.17, 15) is 0 Å². The van der Waals surface area contributed by atoms with Crippen molar-refractivity contribution in [2.45, 2.75) is 39.2 Å². The molecule has 1 saturated heterocycles. The number of hydrogen-bond donors (Lipinski definition) is 1. The second kappa shape index (κ2) is 5.15. The number of rotatable bonds is 4. The molecule has 0 amide bonds. The van der Waals surface area contributed by atoms with E-state index in [1.54, 1.807) is 11.3 Å². The van der Waals surface area contributed by atoms with Crippen LogP contribution >= 0.6 is 11.3 Å². The fraction of sp³-hybridized carbons (Fsp3) is 0.750. The third kappa shape index (κ3) is 2.74. The van der Waals surface area contributed by atoms with Gasteiger partial charge in [-0.3, -0.25) is 4.90 Å². The molecule has 4 heteroatoms. The summed E-state index contributed by atoms with van der Waals surface area (Å²) in [6.45, 7) is 7.03. The van der Waals surface area contributed by atoms with Gasteiger partial charge in [0.15, 0.2) is 5.13 Å². The summed E-state index contributed by atoms with van der Waals surface area (Å²) in [4.78, 5) is 6.92. The van der Waals surface area contributed by atoms with E-state index in [0.717, 1.165) is 30.6 Å². The van der Waals surface area contributed by atoms with Crippen molar-refractivity contribution >= 4 is 16.5 Å². The molecule has 2 heterocycles. The van der Waals surface area contributed by atoms with Crippen molar-refractivity contribution in [2.75, 3.05) is 18.8 Å². The Hall–Kier alpha value is -0.610. The number of hydrogen-bond acceptors (Lipinski definition) is 4.